The van der Waals surface area contributed by atoms with Gasteiger partial charge in [0.15, 0.2) is 0 Å². The van der Waals surface area contributed by atoms with Crippen LogP contribution in [0, 0.1) is 11.8 Å². The largest absolute Gasteiger partial charge is 0.439 e. The molecular weight excluding hydrogens is 370 g/mol. The fourth-order valence-corrected chi connectivity index (χ4v) is 3.37. The first kappa shape index (κ1) is 21.6. The Bertz CT molecular complexity index is 600. The topological polar surface area (TPSA) is 9.23 Å². The summed E-state index contributed by atoms with van der Waals surface area (Å²) < 4.78 is 79.6. The van der Waals surface area contributed by atoms with Crippen LogP contribution in [0.5, 0.6) is 5.75 Å². The Labute approximate surface area is 155 Å². The van der Waals surface area contributed by atoms with Gasteiger partial charge in [-0.15, -0.1) is 0 Å². The second-order valence-corrected chi connectivity index (χ2v) is 7.07. The van der Waals surface area contributed by atoms with Crippen molar-refractivity contribution in [2.45, 2.75) is 63.9 Å². The lowest BCUT2D eigenvalue weighted by atomic mass is 9.80. The van der Waals surface area contributed by atoms with Crippen molar-refractivity contribution in [3.63, 3.8) is 0 Å². The van der Waals surface area contributed by atoms with Gasteiger partial charge in [0.25, 0.3) is 6.17 Å². The van der Waals surface area contributed by atoms with E-state index in [9.17, 15) is 26.3 Å². The van der Waals surface area contributed by atoms with E-state index in [0.29, 0.717) is 11.5 Å². The van der Waals surface area contributed by atoms with E-state index in [4.69, 9.17) is 0 Å². The maximum atomic E-state index is 13.2. The normalized spacial score (nSPS) is 22.8. The van der Waals surface area contributed by atoms with E-state index in [0.717, 1.165) is 30.9 Å². The molecule has 0 radical (unpaired) electrons. The number of rotatable bonds is 7. The molecule has 1 aromatic rings. The Morgan fingerprint density at radius 3 is 2.15 bits per heavy atom. The number of hydrogen-bond acceptors (Lipinski definition) is 1. The van der Waals surface area contributed by atoms with Gasteiger partial charge >= 0.3 is 12.3 Å². The van der Waals surface area contributed by atoms with Crippen LogP contribution in [0.1, 0.15) is 51.0 Å². The average Bonchev–Trinajstić information content (AvgIpc) is 2.61. The summed E-state index contributed by atoms with van der Waals surface area (Å²) in [5.74, 6) is 0.746. The monoisotopic (exact) mass is 394 g/mol. The van der Waals surface area contributed by atoms with Gasteiger partial charge in [-0.05, 0) is 55.2 Å². The Balaban J connectivity index is 1.90. The number of ether oxygens (including phenoxy) is 1. The maximum Gasteiger partial charge on any atom is 0.439 e. The minimum absolute atomic E-state index is 0.470. The lowest BCUT2D eigenvalue weighted by Gasteiger charge is -2.26. The molecule has 1 saturated carbocycles. The average molecular weight is 394 g/mol. The van der Waals surface area contributed by atoms with E-state index in [1.165, 1.54) is 37.8 Å². The van der Waals surface area contributed by atoms with Crippen LogP contribution in [0.2, 0.25) is 0 Å². The van der Waals surface area contributed by atoms with Crippen LogP contribution in [-0.2, 0) is 0 Å². The fraction of sp³-hybridized carbons (Fsp3) is 0.600. The van der Waals surface area contributed by atoms with Crippen LogP contribution in [0.4, 0.5) is 26.3 Å². The van der Waals surface area contributed by atoms with Crippen LogP contribution in [0.3, 0.4) is 0 Å². The van der Waals surface area contributed by atoms with E-state index in [1.54, 1.807) is 0 Å². The smallest absolute Gasteiger partial charge is 0.430 e. The molecule has 1 atom stereocenters. The van der Waals surface area contributed by atoms with Crippen molar-refractivity contribution in [1.82, 2.24) is 0 Å². The number of benzene rings is 1. The van der Waals surface area contributed by atoms with Gasteiger partial charge in [-0.1, -0.05) is 44.1 Å². The van der Waals surface area contributed by atoms with Crippen LogP contribution in [0.15, 0.2) is 30.3 Å². The zero-order valence-corrected chi connectivity index (χ0v) is 15.1. The summed E-state index contributed by atoms with van der Waals surface area (Å²) in [6.45, 7) is 2.19. The van der Waals surface area contributed by atoms with Gasteiger partial charge in [0.1, 0.15) is 5.75 Å². The molecular formula is C20H24F6O. The van der Waals surface area contributed by atoms with Gasteiger partial charge < -0.3 is 4.74 Å². The van der Waals surface area contributed by atoms with Gasteiger partial charge in [-0.3, -0.25) is 0 Å². The highest BCUT2D eigenvalue weighted by atomic mass is 19.4. The molecule has 0 spiro atoms. The first-order chi connectivity index (χ1) is 12.6. The Morgan fingerprint density at radius 2 is 1.63 bits per heavy atom. The van der Waals surface area contributed by atoms with Crippen molar-refractivity contribution in [3.05, 3.63) is 35.9 Å². The van der Waals surface area contributed by atoms with Crippen molar-refractivity contribution in [3.8, 4) is 5.75 Å². The van der Waals surface area contributed by atoms with Crippen molar-refractivity contribution in [1.29, 1.82) is 0 Å². The molecule has 0 bridgehead atoms. The molecule has 1 unspecified atom stereocenters. The summed E-state index contributed by atoms with van der Waals surface area (Å²) in [5.41, 5.74) is 0.717. The molecule has 0 amide bonds. The second kappa shape index (κ2) is 9.02. The third-order valence-electron chi connectivity index (χ3n) is 4.87. The maximum absolute atomic E-state index is 13.2. The summed E-state index contributed by atoms with van der Waals surface area (Å²) in [4.78, 5) is 0. The quantitative estimate of drug-likeness (QED) is 0.445. The standard InChI is InChI=1S/C20H24F6O/c1-2-3-14-4-6-15(7-5-14)8-9-16-10-12-17(13-11-16)27-20(25,26)18(21)19(22,23)24/h8-15,18H,2-7H2,1H3. The zero-order chi connectivity index (χ0) is 20.1. The second-order valence-electron chi connectivity index (χ2n) is 7.07. The number of alkyl halides is 6. The molecule has 0 aliphatic heterocycles. The third-order valence-corrected chi connectivity index (χ3v) is 4.87. The molecule has 1 aliphatic carbocycles. The van der Waals surface area contributed by atoms with Crippen LogP contribution >= 0.6 is 0 Å². The fourth-order valence-electron chi connectivity index (χ4n) is 3.37. The molecule has 1 fully saturated rings. The number of hydrogen-bond donors (Lipinski definition) is 0. The lowest BCUT2D eigenvalue weighted by molar-refractivity contribution is -0.304. The highest BCUT2D eigenvalue weighted by molar-refractivity contribution is 5.50. The summed E-state index contributed by atoms with van der Waals surface area (Å²) >= 11 is 0. The summed E-state index contributed by atoms with van der Waals surface area (Å²) in [6.07, 6.45) is -4.02. The Morgan fingerprint density at radius 1 is 1.04 bits per heavy atom. The molecule has 1 aromatic carbocycles. The summed E-state index contributed by atoms with van der Waals surface area (Å²) in [6, 6.07) is 5.11. The highest BCUT2D eigenvalue weighted by Gasteiger charge is 2.59. The Kier molecular flexibility index (Phi) is 7.23. The van der Waals surface area contributed by atoms with Crippen molar-refractivity contribution < 1.29 is 31.1 Å². The SMILES string of the molecule is CCCC1CCC(C=Cc2ccc(OC(F)(F)C(F)C(F)(F)F)cc2)CC1. The summed E-state index contributed by atoms with van der Waals surface area (Å²) in [5, 5.41) is 0. The van der Waals surface area contributed by atoms with Gasteiger partial charge in [0, 0.05) is 0 Å². The van der Waals surface area contributed by atoms with Gasteiger partial charge in [0.2, 0.25) is 0 Å². The van der Waals surface area contributed by atoms with Gasteiger partial charge in [-0.2, -0.15) is 22.0 Å². The summed E-state index contributed by atoms with van der Waals surface area (Å²) in [7, 11) is 0. The van der Waals surface area contributed by atoms with Crippen LogP contribution in [0.25, 0.3) is 6.08 Å². The highest BCUT2D eigenvalue weighted by Crippen LogP contribution is 2.37. The predicted molar refractivity (Wildman–Crippen MR) is 92.4 cm³/mol. The lowest BCUT2D eigenvalue weighted by Crippen LogP contribution is -2.45. The van der Waals surface area contributed by atoms with E-state index < -0.39 is 24.2 Å². The molecule has 1 nitrogen and oxygen atoms in total. The van der Waals surface area contributed by atoms with Crippen molar-refractivity contribution in [2.24, 2.45) is 11.8 Å². The van der Waals surface area contributed by atoms with E-state index in [1.807, 2.05) is 6.08 Å². The molecule has 0 aromatic heterocycles. The van der Waals surface area contributed by atoms with E-state index >= 15 is 0 Å². The molecule has 152 valence electrons. The van der Waals surface area contributed by atoms with Crippen LogP contribution in [-0.4, -0.2) is 18.5 Å². The van der Waals surface area contributed by atoms with Gasteiger partial charge in [0.05, 0.1) is 0 Å². The molecule has 27 heavy (non-hydrogen) atoms. The molecule has 2 rings (SSSR count). The first-order valence-electron chi connectivity index (χ1n) is 9.17. The zero-order valence-electron chi connectivity index (χ0n) is 15.1. The first-order valence-corrected chi connectivity index (χ1v) is 9.17. The van der Waals surface area contributed by atoms with Gasteiger partial charge in [-0.25, -0.2) is 4.39 Å². The van der Waals surface area contributed by atoms with E-state index in [2.05, 4.69) is 17.7 Å². The molecule has 0 heterocycles. The molecule has 7 heteroatoms. The van der Waals surface area contributed by atoms with Crippen molar-refractivity contribution >= 4 is 6.08 Å². The Hall–Kier alpha value is -1.66. The van der Waals surface area contributed by atoms with Crippen molar-refractivity contribution in [2.75, 3.05) is 0 Å². The van der Waals surface area contributed by atoms with E-state index in [-0.39, 0.29) is 0 Å². The number of halogens is 6. The minimum atomic E-state index is -5.69. The number of allylic oxidation sites excluding steroid dienone is 1. The third kappa shape index (κ3) is 6.47. The van der Waals surface area contributed by atoms with Crippen LogP contribution < -0.4 is 4.74 Å². The molecule has 1 aliphatic rings. The minimum Gasteiger partial charge on any atom is -0.430 e. The predicted octanol–water partition coefficient (Wildman–Crippen LogP) is 7.18. The molecule has 0 saturated heterocycles. The molecule has 0 N–H and O–H groups in total.